The van der Waals surface area contributed by atoms with Crippen LogP contribution < -0.4 is 10.6 Å². The normalized spacial score (nSPS) is 21.3. The third-order valence-electron chi connectivity index (χ3n) is 5.12. The van der Waals surface area contributed by atoms with Crippen molar-refractivity contribution in [2.24, 2.45) is 5.73 Å². The lowest BCUT2D eigenvalue weighted by molar-refractivity contribution is -0.163. The predicted octanol–water partition coefficient (Wildman–Crippen LogP) is 1.65. The number of carbonyl (C=O) groups excluding carboxylic acids is 3. The highest BCUT2D eigenvalue weighted by atomic mass is 16.6. The van der Waals surface area contributed by atoms with Crippen LogP contribution in [0, 0.1) is 5.41 Å². The summed E-state index contributed by atoms with van der Waals surface area (Å²) in [6, 6.07) is 6.59. The lowest BCUT2D eigenvalue weighted by Gasteiger charge is -2.33. The van der Waals surface area contributed by atoms with E-state index in [1.807, 2.05) is 0 Å². The molecular weight excluding hydrogens is 416 g/mol. The minimum atomic E-state index is -0.917. The Balaban J connectivity index is 1.54. The molecule has 3 rings (SSSR count). The summed E-state index contributed by atoms with van der Waals surface area (Å²) in [5.74, 6) is -0.800. The molecule has 0 spiro atoms. The summed E-state index contributed by atoms with van der Waals surface area (Å²) in [5, 5.41) is 7.45. The Morgan fingerprint density at radius 3 is 2.53 bits per heavy atom. The fourth-order valence-corrected chi connectivity index (χ4v) is 3.66. The second-order valence-corrected chi connectivity index (χ2v) is 8.89. The molecule has 2 saturated heterocycles. The van der Waals surface area contributed by atoms with Crippen LogP contribution in [-0.4, -0.2) is 72.8 Å². The Kier molecular flexibility index (Phi) is 7.02. The number of amides is 2. The summed E-state index contributed by atoms with van der Waals surface area (Å²) < 4.78 is 16.2. The Hall–Kier alpha value is -3.14. The first-order chi connectivity index (χ1) is 15.0. The number of rotatable bonds is 6. The topological polar surface area (TPSA) is 135 Å². The molecule has 32 heavy (non-hydrogen) atoms. The largest absolute Gasteiger partial charge is 0.458 e. The number of nitrogen functional groups attached to an aromatic ring is 1. The second kappa shape index (κ2) is 9.56. The van der Waals surface area contributed by atoms with Gasteiger partial charge in [0.05, 0.1) is 12.6 Å². The number of piperidine rings is 1. The maximum atomic E-state index is 13.0. The number of likely N-dealkylation sites (tertiary alicyclic amines) is 1. The molecule has 2 atom stereocenters. The minimum Gasteiger partial charge on any atom is -0.458 e. The number of ether oxygens (including phenoxy) is 3. The highest BCUT2D eigenvalue weighted by Gasteiger charge is 2.40. The van der Waals surface area contributed by atoms with Crippen LogP contribution in [0.25, 0.3) is 0 Å². The van der Waals surface area contributed by atoms with Gasteiger partial charge in [-0.1, -0.05) is 0 Å². The molecule has 1 aromatic carbocycles. The van der Waals surface area contributed by atoms with Crippen LogP contribution in [0.3, 0.4) is 0 Å². The van der Waals surface area contributed by atoms with E-state index < -0.39 is 23.8 Å². The summed E-state index contributed by atoms with van der Waals surface area (Å²) in [7, 11) is 0. The molecule has 0 bridgehead atoms. The van der Waals surface area contributed by atoms with Crippen molar-refractivity contribution in [1.29, 1.82) is 5.41 Å². The molecule has 2 aliphatic heterocycles. The van der Waals surface area contributed by atoms with E-state index in [4.69, 9.17) is 25.4 Å². The van der Waals surface area contributed by atoms with E-state index in [9.17, 15) is 14.4 Å². The smallest absolute Gasteiger partial charge is 0.415 e. The van der Waals surface area contributed by atoms with Gasteiger partial charge in [-0.05, 0) is 57.9 Å². The van der Waals surface area contributed by atoms with Crippen LogP contribution in [0.15, 0.2) is 24.3 Å². The highest BCUT2D eigenvalue weighted by Crippen LogP contribution is 2.24. The quantitative estimate of drug-likeness (QED) is 0.385. The van der Waals surface area contributed by atoms with Crippen LogP contribution in [0.1, 0.15) is 39.2 Å². The molecule has 10 heteroatoms. The van der Waals surface area contributed by atoms with Gasteiger partial charge in [0.15, 0.2) is 6.10 Å². The number of esters is 1. The maximum absolute atomic E-state index is 13.0. The van der Waals surface area contributed by atoms with Crippen molar-refractivity contribution in [3.8, 4) is 0 Å². The average Bonchev–Trinajstić information content (AvgIpc) is 3.12. The van der Waals surface area contributed by atoms with E-state index in [-0.39, 0.29) is 31.0 Å². The van der Waals surface area contributed by atoms with Crippen molar-refractivity contribution in [2.45, 2.75) is 51.4 Å². The van der Waals surface area contributed by atoms with E-state index in [2.05, 4.69) is 0 Å². The molecule has 2 heterocycles. The average molecular weight is 447 g/mol. The Labute approximate surface area is 187 Å². The zero-order valence-electron chi connectivity index (χ0n) is 18.6. The standard InChI is InChI=1S/C22H30N4O6/c1-22(2,3)32-18(27)13-30-16-5-4-10-25(11-16)20(28)17-12-26(21(29)31-17)15-8-6-14(7-9-15)19(23)24/h6-9,16-17H,4-5,10-13H2,1-3H3,(H3,23,24). The summed E-state index contributed by atoms with van der Waals surface area (Å²) in [6.07, 6.45) is -0.353. The van der Waals surface area contributed by atoms with Crippen molar-refractivity contribution < 1.29 is 28.6 Å². The van der Waals surface area contributed by atoms with E-state index in [1.54, 1.807) is 49.9 Å². The van der Waals surface area contributed by atoms with Crippen molar-refractivity contribution in [2.75, 3.05) is 31.1 Å². The van der Waals surface area contributed by atoms with Crippen LogP contribution >= 0.6 is 0 Å². The van der Waals surface area contributed by atoms with Gasteiger partial charge in [0.2, 0.25) is 0 Å². The first-order valence-corrected chi connectivity index (χ1v) is 10.6. The van der Waals surface area contributed by atoms with E-state index in [0.717, 1.165) is 12.8 Å². The Bertz CT molecular complexity index is 879. The predicted molar refractivity (Wildman–Crippen MR) is 116 cm³/mol. The zero-order chi connectivity index (χ0) is 23.5. The fourth-order valence-electron chi connectivity index (χ4n) is 3.66. The van der Waals surface area contributed by atoms with E-state index in [0.29, 0.717) is 24.3 Å². The molecule has 2 unspecified atom stereocenters. The van der Waals surface area contributed by atoms with Gasteiger partial charge in [-0.15, -0.1) is 0 Å². The first kappa shape index (κ1) is 23.5. The Morgan fingerprint density at radius 2 is 1.91 bits per heavy atom. The van der Waals surface area contributed by atoms with Crippen LogP contribution in [-0.2, 0) is 23.8 Å². The third-order valence-corrected chi connectivity index (χ3v) is 5.12. The van der Waals surface area contributed by atoms with E-state index in [1.165, 1.54) is 4.90 Å². The first-order valence-electron chi connectivity index (χ1n) is 10.6. The number of benzene rings is 1. The molecule has 2 fully saturated rings. The molecule has 10 nitrogen and oxygen atoms in total. The SMILES string of the molecule is CC(C)(C)OC(=O)COC1CCCN(C(=O)C2CN(c3ccc(C(=N)N)cc3)C(=O)O2)C1. The number of anilines is 1. The molecule has 174 valence electrons. The molecule has 0 aromatic heterocycles. The lowest BCUT2D eigenvalue weighted by atomic mass is 10.1. The molecule has 0 saturated carbocycles. The fraction of sp³-hybridized carbons (Fsp3) is 0.545. The van der Waals surface area contributed by atoms with Gasteiger partial charge >= 0.3 is 12.1 Å². The molecule has 2 amide bonds. The number of nitrogens with zero attached hydrogens (tertiary/aromatic N) is 2. The third kappa shape index (κ3) is 5.97. The number of cyclic esters (lactones) is 1. The summed E-state index contributed by atoms with van der Waals surface area (Å²) >= 11 is 0. The van der Waals surface area contributed by atoms with Crippen molar-refractivity contribution in [3.05, 3.63) is 29.8 Å². The maximum Gasteiger partial charge on any atom is 0.415 e. The van der Waals surface area contributed by atoms with Gasteiger partial charge in [-0.25, -0.2) is 9.59 Å². The number of nitrogens with two attached hydrogens (primary N) is 1. The molecule has 3 N–H and O–H groups in total. The van der Waals surface area contributed by atoms with Gasteiger partial charge in [0, 0.05) is 24.3 Å². The number of hydrogen-bond acceptors (Lipinski definition) is 7. The molecule has 0 aliphatic carbocycles. The van der Waals surface area contributed by atoms with Gasteiger partial charge in [-0.2, -0.15) is 0 Å². The summed E-state index contributed by atoms with van der Waals surface area (Å²) in [6.45, 7) is 6.14. The summed E-state index contributed by atoms with van der Waals surface area (Å²) in [5.41, 5.74) is 5.98. The minimum absolute atomic E-state index is 0.0675. The molecule has 0 radical (unpaired) electrons. The zero-order valence-corrected chi connectivity index (χ0v) is 18.6. The van der Waals surface area contributed by atoms with Crippen molar-refractivity contribution >= 4 is 29.5 Å². The van der Waals surface area contributed by atoms with Gasteiger partial charge in [0.25, 0.3) is 5.91 Å². The van der Waals surface area contributed by atoms with Gasteiger partial charge < -0.3 is 24.8 Å². The van der Waals surface area contributed by atoms with Gasteiger partial charge in [-0.3, -0.25) is 15.1 Å². The second-order valence-electron chi connectivity index (χ2n) is 8.89. The highest BCUT2D eigenvalue weighted by molar-refractivity contribution is 5.97. The van der Waals surface area contributed by atoms with Gasteiger partial charge in [0.1, 0.15) is 18.0 Å². The number of amidine groups is 1. The number of hydrogen-bond donors (Lipinski definition) is 2. The van der Waals surface area contributed by atoms with Crippen molar-refractivity contribution in [3.63, 3.8) is 0 Å². The van der Waals surface area contributed by atoms with Crippen LogP contribution in [0.4, 0.5) is 10.5 Å². The van der Waals surface area contributed by atoms with Crippen LogP contribution in [0.2, 0.25) is 0 Å². The molecule has 2 aliphatic rings. The monoisotopic (exact) mass is 446 g/mol. The molecule has 1 aromatic rings. The van der Waals surface area contributed by atoms with E-state index >= 15 is 0 Å². The van der Waals surface area contributed by atoms with Crippen LogP contribution in [0.5, 0.6) is 0 Å². The number of carbonyl (C=O) groups is 3. The molecular formula is C22H30N4O6. The number of nitrogens with one attached hydrogen (secondary N) is 1. The Morgan fingerprint density at radius 1 is 1.22 bits per heavy atom. The summed E-state index contributed by atoms with van der Waals surface area (Å²) in [4.78, 5) is 40.2. The lowest BCUT2D eigenvalue weighted by Crippen LogP contribution is -2.48. The van der Waals surface area contributed by atoms with Crippen molar-refractivity contribution in [1.82, 2.24) is 4.90 Å².